The normalized spacial score (nSPS) is 15.7. The van der Waals surface area contributed by atoms with Crippen molar-refractivity contribution in [2.24, 2.45) is 5.73 Å². The van der Waals surface area contributed by atoms with Crippen LogP contribution in [0.25, 0.3) is 5.76 Å². The average Bonchev–Trinajstić information content (AvgIpc) is 2.78. The fraction of sp³-hybridized carbons (Fsp3) is 0.182. The average molecular weight is 421 g/mol. The quantitative estimate of drug-likeness (QED) is 0.425. The number of esters is 1. The van der Waals surface area contributed by atoms with Crippen LogP contribution in [0.15, 0.2) is 65.6 Å². The molecule has 1 atom stereocenters. The molecule has 0 aliphatic carbocycles. The third-order valence-electron chi connectivity index (χ3n) is 4.68. The highest BCUT2D eigenvalue weighted by Crippen LogP contribution is 2.45. The first-order chi connectivity index (χ1) is 14.9. The van der Waals surface area contributed by atoms with Gasteiger partial charge in [0.2, 0.25) is 5.88 Å². The van der Waals surface area contributed by atoms with Crippen LogP contribution in [0.3, 0.4) is 0 Å². The van der Waals surface area contributed by atoms with E-state index in [1.54, 1.807) is 37.3 Å². The van der Waals surface area contributed by atoms with Gasteiger partial charge < -0.3 is 19.9 Å². The van der Waals surface area contributed by atoms with E-state index in [-0.39, 0.29) is 40.6 Å². The van der Waals surface area contributed by atoms with Crippen LogP contribution < -0.4 is 10.5 Å². The lowest BCUT2D eigenvalue weighted by atomic mass is 9.81. The monoisotopic (exact) mass is 421 g/mol. The Labute approximate surface area is 178 Å². The van der Waals surface area contributed by atoms with Gasteiger partial charge in [0, 0.05) is 23.3 Å². The zero-order valence-corrected chi connectivity index (χ0v) is 16.8. The number of non-ortho nitro benzene ring substituents is 1. The molecule has 1 unspecified atom stereocenters. The molecule has 0 amide bonds. The summed E-state index contributed by atoms with van der Waals surface area (Å²) in [6.45, 7) is 1.72. The van der Waals surface area contributed by atoms with Crippen molar-refractivity contribution in [1.82, 2.24) is 0 Å². The SMILES string of the molecule is CCOC(=O)C1=C(c2cccc([N+](=O)[O-])c2)OC(N)=C(C#N)C1c1ccccc1OC. The maximum absolute atomic E-state index is 13.0. The number of nitrogens with two attached hydrogens (primary N) is 1. The van der Waals surface area contributed by atoms with Gasteiger partial charge in [0.05, 0.1) is 30.1 Å². The van der Waals surface area contributed by atoms with E-state index < -0.39 is 16.8 Å². The second-order valence-electron chi connectivity index (χ2n) is 6.44. The van der Waals surface area contributed by atoms with Crippen LogP contribution in [0.1, 0.15) is 24.0 Å². The Morgan fingerprint density at radius 3 is 2.68 bits per heavy atom. The molecule has 0 bridgehead atoms. The van der Waals surface area contributed by atoms with Gasteiger partial charge in [0.1, 0.15) is 23.2 Å². The van der Waals surface area contributed by atoms with Gasteiger partial charge in [-0.15, -0.1) is 0 Å². The smallest absolute Gasteiger partial charge is 0.338 e. The summed E-state index contributed by atoms with van der Waals surface area (Å²) in [4.78, 5) is 23.7. The molecule has 2 aromatic carbocycles. The highest BCUT2D eigenvalue weighted by atomic mass is 16.6. The minimum atomic E-state index is -0.955. The summed E-state index contributed by atoms with van der Waals surface area (Å²) >= 11 is 0. The Hall–Kier alpha value is -4.32. The fourth-order valence-corrected chi connectivity index (χ4v) is 3.37. The first-order valence-electron chi connectivity index (χ1n) is 9.29. The highest BCUT2D eigenvalue weighted by molar-refractivity contribution is 6.00. The van der Waals surface area contributed by atoms with Crippen LogP contribution in [0.4, 0.5) is 5.69 Å². The number of nitro benzene ring substituents is 1. The minimum Gasteiger partial charge on any atom is -0.496 e. The number of hydrogen-bond donors (Lipinski definition) is 1. The number of nitrogens with zero attached hydrogens (tertiary/aromatic N) is 2. The lowest BCUT2D eigenvalue weighted by Crippen LogP contribution is -2.26. The van der Waals surface area contributed by atoms with Gasteiger partial charge in [0.15, 0.2) is 0 Å². The number of allylic oxidation sites excluding steroid dienone is 1. The third kappa shape index (κ3) is 4.04. The van der Waals surface area contributed by atoms with Gasteiger partial charge in [-0.05, 0) is 13.0 Å². The van der Waals surface area contributed by atoms with E-state index in [1.165, 1.54) is 25.3 Å². The zero-order chi connectivity index (χ0) is 22.5. The fourth-order valence-electron chi connectivity index (χ4n) is 3.37. The Balaban J connectivity index is 2.34. The Morgan fingerprint density at radius 2 is 2.03 bits per heavy atom. The van der Waals surface area contributed by atoms with Crippen molar-refractivity contribution in [3.8, 4) is 11.8 Å². The van der Waals surface area contributed by atoms with Gasteiger partial charge in [0.25, 0.3) is 5.69 Å². The van der Waals surface area contributed by atoms with Crippen molar-refractivity contribution in [3.05, 3.63) is 86.8 Å². The molecule has 0 radical (unpaired) electrons. The lowest BCUT2D eigenvalue weighted by Gasteiger charge is -2.29. The van der Waals surface area contributed by atoms with Crippen LogP contribution in [0.2, 0.25) is 0 Å². The van der Waals surface area contributed by atoms with Gasteiger partial charge in [-0.25, -0.2) is 4.79 Å². The Morgan fingerprint density at radius 1 is 1.29 bits per heavy atom. The van der Waals surface area contributed by atoms with Crippen LogP contribution in [-0.2, 0) is 14.3 Å². The summed E-state index contributed by atoms with van der Waals surface area (Å²) in [5.41, 5.74) is 6.60. The topological polar surface area (TPSA) is 138 Å². The summed E-state index contributed by atoms with van der Waals surface area (Å²) in [5.74, 6) is -1.50. The number of hydrogen-bond acceptors (Lipinski definition) is 8. The Bertz CT molecular complexity index is 1150. The maximum Gasteiger partial charge on any atom is 0.338 e. The summed E-state index contributed by atoms with van der Waals surface area (Å²) in [6.07, 6.45) is 0. The van der Waals surface area contributed by atoms with E-state index in [2.05, 4.69) is 0 Å². The van der Waals surface area contributed by atoms with Crippen molar-refractivity contribution in [3.63, 3.8) is 0 Å². The maximum atomic E-state index is 13.0. The third-order valence-corrected chi connectivity index (χ3v) is 4.68. The van der Waals surface area contributed by atoms with E-state index in [0.717, 1.165) is 0 Å². The van der Waals surface area contributed by atoms with Crippen molar-refractivity contribution >= 4 is 17.4 Å². The van der Waals surface area contributed by atoms with Crippen molar-refractivity contribution < 1.29 is 23.9 Å². The summed E-state index contributed by atoms with van der Waals surface area (Å²) in [7, 11) is 1.46. The van der Waals surface area contributed by atoms with Crippen LogP contribution in [0.5, 0.6) is 5.75 Å². The van der Waals surface area contributed by atoms with Crippen molar-refractivity contribution in [1.29, 1.82) is 5.26 Å². The first-order valence-corrected chi connectivity index (χ1v) is 9.29. The van der Waals surface area contributed by atoms with E-state index >= 15 is 0 Å². The second-order valence-corrected chi connectivity index (χ2v) is 6.44. The molecule has 158 valence electrons. The standard InChI is InChI=1S/C22H19N3O6/c1-3-30-22(26)19-18(15-9-4-5-10-17(15)29-2)16(12-23)21(24)31-20(19)13-7-6-8-14(11-13)25(27)28/h4-11,18H,3,24H2,1-2H3. The van der Waals surface area contributed by atoms with Gasteiger partial charge in [-0.1, -0.05) is 30.3 Å². The highest BCUT2D eigenvalue weighted by Gasteiger charge is 2.39. The van der Waals surface area contributed by atoms with Crippen molar-refractivity contribution in [2.45, 2.75) is 12.8 Å². The molecular weight excluding hydrogens is 402 g/mol. The molecule has 9 nitrogen and oxygen atoms in total. The summed E-state index contributed by atoms with van der Waals surface area (Å²) in [5, 5.41) is 21.0. The van der Waals surface area contributed by atoms with Crippen LogP contribution in [0, 0.1) is 21.4 Å². The number of nitro groups is 1. The second kappa shape index (κ2) is 9.00. The molecule has 1 aliphatic rings. The van der Waals surface area contributed by atoms with Gasteiger partial charge in [-0.2, -0.15) is 5.26 Å². The van der Waals surface area contributed by atoms with Crippen LogP contribution in [-0.4, -0.2) is 24.6 Å². The number of ether oxygens (including phenoxy) is 3. The van der Waals surface area contributed by atoms with E-state index in [0.29, 0.717) is 11.3 Å². The summed E-state index contributed by atoms with van der Waals surface area (Å²) in [6, 6.07) is 14.5. The number of para-hydroxylation sites is 1. The van der Waals surface area contributed by atoms with Gasteiger partial charge in [-0.3, -0.25) is 10.1 Å². The molecule has 0 saturated carbocycles. The molecule has 9 heteroatoms. The number of benzene rings is 2. The number of methoxy groups -OCH3 is 1. The van der Waals surface area contributed by atoms with E-state index in [9.17, 15) is 20.2 Å². The van der Waals surface area contributed by atoms with Crippen LogP contribution >= 0.6 is 0 Å². The van der Waals surface area contributed by atoms with E-state index in [4.69, 9.17) is 19.9 Å². The molecule has 1 aliphatic heterocycles. The lowest BCUT2D eigenvalue weighted by molar-refractivity contribution is -0.384. The molecule has 2 N–H and O–H groups in total. The van der Waals surface area contributed by atoms with Gasteiger partial charge >= 0.3 is 5.97 Å². The Kier molecular flexibility index (Phi) is 6.21. The zero-order valence-electron chi connectivity index (χ0n) is 16.8. The molecule has 0 spiro atoms. The largest absolute Gasteiger partial charge is 0.496 e. The molecule has 2 aromatic rings. The predicted octanol–water partition coefficient (Wildman–Crippen LogP) is 3.39. The molecule has 1 heterocycles. The summed E-state index contributed by atoms with van der Waals surface area (Å²) < 4.78 is 16.3. The number of nitriles is 1. The predicted molar refractivity (Wildman–Crippen MR) is 110 cm³/mol. The molecule has 0 saturated heterocycles. The molecule has 3 rings (SSSR count). The number of carbonyl (C=O) groups is 1. The first kappa shape index (κ1) is 21.4. The molecule has 31 heavy (non-hydrogen) atoms. The molecular formula is C22H19N3O6. The number of carbonyl (C=O) groups excluding carboxylic acids is 1. The molecule has 0 fully saturated rings. The minimum absolute atomic E-state index is 0.00161. The number of rotatable bonds is 6. The molecule has 0 aromatic heterocycles. The van der Waals surface area contributed by atoms with Crippen molar-refractivity contribution in [2.75, 3.05) is 13.7 Å². The van der Waals surface area contributed by atoms with E-state index in [1.807, 2.05) is 6.07 Å².